The summed E-state index contributed by atoms with van der Waals surface area (Å²) >= 11 is 5.91. The molecule has 0 aliphatic heterocycles. The Balaban J connectivity index is 2.54. The number of nitrogens with one attached hydrogen (secondary N) is 1. The second-order valence-electron chi connectivity index (χ2n) is 6.18. The molecule has 18 heavy (non-hydrogen) atoms. The number of halogens is 1. The van der Waals surface area contributed by atoms with E-state index >= 15 is 0 Å². The summed E-state index contributed by atoms with van der Waals surface area (Å²) in [5.41, 5.74) is 1.77. The molecule has 2 heteroatoms. The van der Waals surface area contributed by atoms with Crippen molar-refractivity contribution in [2.24, 2.45) is 5.41 Å². The molecule has 1 atom stereocenters. The molecule has 1 N–H and O–H groups in total. The van der Waals surface area contributed by atoms with Crippen molar-refractivity contribution in [1.82, 2.24) is 5.32 Å². The zero-order valence-electron chi connectivity index (χ0n) is 12.1. The molecular weight excluding hydrogens is 242 g/mol. The number of hydrogen-bond acceptors (Lipinski definition) is 1. The highest BCUT2D eigenvalue weighted by atomic mass is 35.5. The van der Waals surface area contributed by atoms with Crippen LogP contribution in [0.3, 0.4) is 0 Å². The topological polar surface area (TPSA) is 12.0 Å². The van der Waals surface area contributed by atoms with E-state index < -0.39 is 0 Å². The van der Waals surface area contributed by atoms with Crippen LogP contribution in [-0.4, -0.2) is 12.6 Å². The van der Waals surface area contributed by atoms with Crippen molar-refractivity contribution in [3.05, 3.63) is 34.9 Å². The van der Waals surface area contributed by atoms with E-state index in [4.69, 9.17) is 11.6 Å². The van der Waals surface area contributed by atoms with Crippen LogP contribution in [0.4, 0.5) is 0 Å². The molecule has 1 rings (SSSR count). The van der Waals surface area contributed by atoms with Gasteiger partial charge in [-0.05, 0) is 48.9 Å². The summed E-state index contributed by atoms with van der Waals surface area (Å²) in [4.78, 5) is 0. The van der Waals surface area contributed by atoms with Gasteiger partial charge in [0.05, 0.1) is 0 Å². The summed E-state index contributed by atoms with van der Waals surface area (Å²) in [5.74, 6) is 0. The largest absolute Gasteiger partial charge is 0.314 e. The average Bonchev–Trinajstić information content (AvgIpc) is 2.28. The van der Waals surface area contributed by atoms with Crippen LogP contribution in [0.2, 0.25) is 5.02 Å². The van der Waals surface area contributed by atoms with Gasteiger partial charge in [0, 0.05) is 11.1 Å². The number of hydrogen-bond donors (Lipinski definition) is 1. The van der Waals surface area contributed by atoms with Crippen LogP contribution in [-0.2, 0) is 6.42 Å². The van der Waals surface area contributed by atoms with Crippen molar-refractivity contribution >= 4 is 11.6 Å². The molecule has 0 heterocycles. The Hall–Kier alpha value is -0.530. The SMILES string of the molecule is CCNC(CCC(C)(C)C)Cc1ccc(Cl)cc1. The van der Waals surface area contributed by atoms with Crippen molar-refractivity contribution in [2.45, 2.75) is 53.0 Å². The minimum atomic E-state index is 0.410. The summed E-state index contributed by atoms with van der Waals surface area (Å²) in [7, 11) is 0. The smallest absolute Gasteiger partial charge is 0.0406 e. The molecule has 0 amide bonds. The van der Waals surface area contributed by atoms with Crippen molar-refractivity contribution in [3.63, 3.8) is 0 Å². The monoisotopic (exact) mass is 267 g/mol. The molecule has 0 saturated carbocycles. The van der Waals surface area contributed by atoms with Gasteiger partial charge in [0.15, 0.2) is 0 Å². The lowest BCUT2D eigenvalue weighted by Gasteiger charge is -2.24. The predicted molar refractivity (Wildman–Crippen MR) is 81.3 cm³/mol. The normalized spacial score (nSPS) is 13.6. The van der Waals surface area contributed by atoms with Gasteiger partial charge in [0.25, 0.3) is 0 Å². The first kappa shape index (κ1) is 15.5. The number of likely N-dealkylation sites (N-methyl/N-ethyl adjacent to an activating group) is 1. The number of rotatable bonds is 6. The van der Waals surface area contributed by atoms with Gasteiger partial charge in [0.2, 0.25) is 0 Å². The Labute approximate surface area is 117 Å². The second kappa shape index (κ2) is 7.16. The first-order chi connectivity index (χ1) is 8.40. The Morgan fingerprint density at radius 2 is 1.78 bits per heavy atom. The molecule has 0 aliphatic rings. The highest BCUT2D eigenvalue weighted by Crippen LogP contribution is 2.23. The second-order valence-corrected chi connectivity index (χ2v) is 6.62. The number of benzene rings is 1. The molecule has 0 fully saturated rings. The van der Waals surface area contributed by atoms with Crippen molar-refractivity contribution in [2.75, 3.05) is 6.54 Å². The highest BCUT2D eigenvalue weighted by Gasteiger charge is 2.15. The van der Waals surface area contributed by atoms with E-state index in [9.17, 15) is 0 Å². The molecule has 1 aromatic carbocycles. The summed E-state index contributed by atoms with van der Waals surface area (Å²) < 4.78 is 0. The maximum absolute atomic E-state index is 5.91. The Morgan fingerprint density at radius 3 is 2.28 bits per heavy atom. The standard InChI is InChI=1S/C16H26ClN/c1-5-18-15(10-11-16(2,3)4)12-13-6-8-14(17)9-7-13/h6-9,15,18H,5,10-12H2,1-4H3. The highest BCUT2D eigenvalue weighted by molar-refractivity contribution is 6.30. The van der Waals surface area contributed by atoms with E-state index in [-0.39, 0.29) is 0 Å². The lowest BCUT2D eigenvalue weighted by Crippen LogP contribution is -2.32. The molecule has 1 nitrogen and oxygen atoms in total. The van der Waals surface area contributed by atoms with Gasteiger partial charge in [-0.1, -0.05) is 51.4 Å². The molecule has 102 valence electrons. The van der Waals surface area contributed by atoms with E-state index in [1.54, 1.807) is 0 Å². The van der Waals surface area contributed by atoms with Gasteiger partial charge < -0.3 is 5.32 Å². The zero-order valence-corrected chi connectivity index (χ0v) is 12.8. The molecule has 1 aromatic rings. The maximum atomic E-state index is 5.91. The fourth-order valence-corrected chi connectivity index (χ4v) is 2.20. The van der Waals surface area contributed by atoms with Crippen molar-refractivity contribution in [1.29, 1.82) is 0 Å². The van der Waals surface area contributed by atoms with Crippen LogP contribution < -0.4 is 5.32 Å². The minimum Gasteiger partial charge on any atom is -0.314 e. The van der Waals surface area contributed by atoms with Crippen LogP contribution in [0, 0.1) is 5.41 Å². The van der Waals surface area contributed by atoms with Crippen molar-refractivity contribution < 1.29 is 0 Å². The van der Waals surface area contributed by atoms with E-state index in [1.165, 1.54) is 18.4 Å². The van der Waals surface area contributed by atoms with Crippen molar-refractivity contribution in [3.8, 4) is 0 Å². The van der Waals surface area contributed by atoms with Gasteiger partial charge in [0.1, 0.15) is 0 Å². The molecule has 1 unspecified atom stereocenters. The van der Waals surface area contributed by atoms with Crippen LogP contribution in [0.5, 0.6) is 0 Å². The molecular formula is C16H26ClN. The van der Waals surface area contributed by atoms with E-state index in [1.807, 2.05) is 12.1 Å². The first-order valence-electron chi connectivity index (χ1n) is 6.88. The lowest BCUT2D eigenvalue weighted by atomic mass is 9.87. The van der Waals surface area contributed by atoms with Crippen LogP contribution in [0.15, 0.2) is 24.3 Å². The van der Waals surface area contributed by atoms with Crippen LogP contribution in [0.1, 0.15) is 46.1 Å². The summed E-state index contributed by atoms with van der Waals surface area (Å²) in [6.07, 6.45) is 3.55. The maximum Gasteiger partial charge on any atom is 0.0406 e. The van der Waals surface area contributed by atoms with E-state index in [0.717, 1.165) is 18.0 Å². The third-order valence-corrected chi connectivity index (χ3v) is 3.38. The Kier molecular flexibility index (Phi) is 6.17. The molecule has 0 spiro atoms. The average molecular weight is 268 g/mol. The predicted octanol–water partition coefficient (Wildman–Crippen LogP) is 4.69. The van der Waals surface area contributed by atoms with Gasteiger partial charge in [-0.25, -0.2) is 0 Å². The van der Waals surface area contributed by atoms with Gasteiger partial charge in [-0.3, -0.25) is 0 Å². The molecule has 0 bridgehead atoms. The third kappa shape index (κ3) is 6.42. The molecule has 0 saturated heterocycles. The van der Waals surface area contributed by atoms with Gasteiger partial charge in [-0.15, -0.1) is 0 Å². The van der Waals surface area contributed by atoms with Crippen LogP contribution in [0.25, 0.3) is 0 Å². The Bertz CT molecular complexity index is 337. The summed E-state index contributed by atoms with van der Waals surface area (Å²) in [6, 6.07) is 8.77. The Morgan fingerprint density at radius 1 is 1.17 bits per heavy atom. The molecule has 0 radical (unpaired) electrons. The quantitative estimate of drug-likeness (QED) is 0.789. The minimum absolute atomic E-state index is 0.410. The van der Waals surface area contributed by atoms with E-state index in [2.05, 4.69) is 45.1 Å². The summed E-state index contributed by atoms with van der Waals surface area (Å²) in [5, 5.41) is 4.40. The molecule has 0 aromatic heterocycles. The lowest BCUT2D eigenvalue weighted by molar-refractivity contribution is 0.330. The zero-order chi connectivity index (χ0) is 13.6. The van der Waals surface area contributed by atoms with E-state index in [0.29, 0.717) is 11.5 Å². The fraction of sp³-hybridized carbons (Fsp3) is 0.625. The summed E-state index contributed by atoms with van der Waals surface area (Å²) in [6.45, 7) is 10.1. The fourth-order valence-electron chi connectivity index (χ4n) is 2.08. The molecule has 0 aliphatic carbocycles. The van der Waals surface area contributed by atoms with Gasteiger partial charge >= 0.3 is 0 Å². The van der Waals surface area contributed by atoms with Gasteiger partial charge in [-0.2, -0.15) is 0 Å². The third-order valence-electron chi connectivity index (χ3n) is 3.13. The van der Waals surface area contributed by atoms with Crippen LogP contribution >= 0.6 is 11.6 Å². The first-order valence-corrected chi connectivity index (χ1v) is 7.26.